The smallest absolute Gasteiger partial charge is 0.160 e. The Morgan fingerprint density at radius 3 is 2.29 bits per heavy atom. The number of nitrogens with one attached hydrogen (secondary N) is 2. The number of rotatable bonds is 6. The summed E-state index contributed by atoms with van der Waals surface area (Å²) in [6.45, 7) is 11.9. The summed E-state index contributed by atoms with van der Waals surface area (Å²) in [6, 6.07) is 5.38. The number of aromatic hydroxyl groups is 1. The number of phenolic OH excluding ortho intramolecular Hbond substituents is 1. The molecular weight excluding hydrogens is 300 g/mol. The van der Waals surface area contributed by atoms with Crippen LogP contribution < -0.4 is 10.1 Å². The molecule has 1 aromatic carbocycles. The predicted molar refractivity (Wildman–Crippen MR) is 100 cm³/mol. The summed E-state index contributed by atoms with van der Waals surface area (Å²) in [7, 11) is 1.55. The molecule has 3 N–H and O–H groups in total. The van der Waals surface area contributed by atoms with Crippen LogP contribution in [-0.2, 0) is 24.8 Å². The van der Waals surface area contributed by atoms with Gasteiger partial charge in [0.25, 0.3) is 0 Å². The average molecular weight is 330 g/mol. The van der Waals surface area contributed by atoms with Crippen LogP contribution in [0.5, 0.6) is 11.5 Å². The first kappa shape index (κ1) is 18.2. The summed E-state index contributed by atoms with van der Waals surface area (Å²) in [4.78, 5) is 3.65. The molecule has 0 atom stereocenters. The van der Waals surface area contributed by atoms with Crippen molar-refractivity contribution in [1.82, 2.24) is 4.98 Å². The minimum atomic E-state index is 0.103. The van der Waals surface area contributed by atoms with Crippen LogP contribution in [0.1, 0.15) is 57.1 Å². The minimum absolute atomic E-state index is 0.103. The molecule has 0 aliphatic heterocycles. The first-order chi connectivity index (χ1) is 11.3. The summed E-state index contributed by atoms with van der Waals surface area (Å²) >= 11 is 0. The third kappa shape index (κ3) is 3.69. The molecular formula is C20H30N2O2. The second-order valence-corrected chi connectivity index (χ2v) is 7.13. The molecule has 0 saturated heterocycles. The fourth-order valence-corrected chi connectivity index (χ4v) is 3.23. The molecule has 0 amide bonds. The average Bonchev–Trinajstić information content (AvgIpc) is 2.90. The molecule has 0 saturated carbocycles. The van der Waals surface area contributed by atoms with Crippen molar-refractivity contribution < 1.29 is 9.84 Å². The topological polar surface area (TPSA) is 57.3 Å². The zero-order chi connectivity index (χ0) is 17.9. The third-order valence-electron chi connectivity index (χ3n) is 4.41. The minimum Gasteiger partial charge on any atom is -0.504 e. The number of hydrogen-bond acceptors (Lipinski definition) is 3. The van der Waals surface area contributed by atoms with Crippen LogP contribution >= 0.6 is 0 Å². The number of phenols is 1. The lowest BCUT2D eigenvalue weighted by Crippen LogP contribution is -2.14. The summed E-state index contributed by atoms with van der Waals surface area (Å²) in [5.41, 5.74) is 6.39. The highest BCUT2D eigenvalue weighted by Gasteiger charge is 2.23. The number of hydrogen-bond donors (Lipinski definition) is 3. The van der Waals surface area contributed by atoms with E-state index in [1.165, 1.54) is 22.5 Å². The largest absolute Gasteiger partial charge is 0.504 e. The van der Waals surface area contributed by atoms with Crippen molar-refractivity contribution in [2.24, 2.45) is 0 Å². The van der Waals surface area contributed by atoms with Crippen LogP contribution in [0, 0.1) is 0 Å². The maximum Gasteiger partial charge on any atom is 0.160 e. The van der Waals surface area contributed by atoms with Gasteiger partial charge in [-0.05, 0) is 36.1 Å². The first-order valence-electron chi connectivity index (χ1n) is 8.65. The lowest BCUT2D eigenvalue weighted by molar-refractivity contribution is 0.373. The van der Waals surface area contributed by atoms with E-state index in [-0.39, 0.29) is 11.2 Å². The summed E-state index contributed by atoms with van der Waals surface area (Å²) in [5.74, 6) is 0.632. The van der Waals surface area contributed by atoms with Gasteiger partial charge in [0.2, 0.25) is 0 Å². The molecule has 132 valence electrons. The Hall–Kier alpha value is -2.10. The zero-order valence-electron chi connectivity index (χ0n) is 15.7. The highest BCUT2D eigenvalue weighted by Crippen LogP contribution is 2.32. The molecule has 4 heteroatoms. The molecule has 24 heavy (non-hydrogen) atoms. The third-order valence-corrected chi connectivity index (χ3v) is 4.41. The second-order valence-electron chi connectivity index (χ2n) is 7.13. The van der Waals surface area contributed by atoms with E-state index in [4.69, 9.17) is 4.74 Å². The van der Waals surface area contributed by atoms with Gasteiger partial charge in [0.05, 0.1) is 13.7 Å². The van der Waals surface area contributed by atoms with E-state index in [2.05, 4.69) is 44.9 Å². The van der Waals surface area contributed by atoms with E-state index >= 15 is 0 Å². The van der Waals surface area contributed by atoms with Crippen LogP contribution in [0.4, 0.5) is 5.69 Å². The Bertz CT molecular complexity index is 696. The van der Waals surface area contributed by atoms with Crippen LogP contribution in [0.25, 0.3) is 0 Å². The molecule has 4 nitrogen and oxygen atoms in total. The van der Waals surface area contributed by atoms with Gasteiger partial charge in [0.1, 0.15) is 0 Å². The van der Waals surface area contributed by atoms with Crippen LogP contribution in [0.15, 0.2) is 18.2 Å². The van der Waals surface area contributed by atoms with E-state index in [0.717, 1.165) is 18.5 Å². The monoisotopic (exact) mass is 330 g/mol. The van der Waals surface area contributed by atoms with Crippen molar-refractivity contribution in [3.05, 3.63) is 40.7 Å². The molecule has 2 rings (SSSR count). The number of aromatic nitrogens is 1. The fraction of sp³-hybridized carbons (Fsp3) is 0.500. The van der Waals surface area contributed by atoms with Gasteiger partial charge in [-0.2, -0.15) is 0 Å². The molecule has 1 heterocycles. The molecule has 0 spiro atoms. The van der Waals surface area contributed by atoms with Gasteiger partial charge in [-0.25, -0.2) is 0 Å². The van der Waals surface area contributed by atoms with Crippen molar-refractivity contribution in [2.75, 3.05) is 12.4 Å². The molecule has 0 unspecified atom stereocenters. The van der Waals surface area contributed by atoms with Crippen molar-refractivity contribution >= 4 is 5.69 Å². The van der Waals surface area contributed by atoms with Gasteiger partial charge in [0, 0.05) is 28.6 Å². The molecule has 0 aliphatic rings. The summed E-state index contributed by atoms with van der Waals surface area (Å²) < 4.78 is 5.09. The highest BCUT2D eigenvalue weighted by molar-refractivity contribution is 5.54. The van der Waals surface area contributed by atoms with Crippen LogP contribution in [-0.4, -0.2) is 17.2 Å². The number of ether oxygens (including phenoxy) is 1. The lowest BCUT2D eigenvalue weighted by Gasteiger charge is -2.19. The van der Waals surface area contributed by atoms with Gasteiger partial charge in [-0.3, -0.25) is 0 Å². The summed E-state index contributed by atoms with van der Waals surface area (Å²) in [5, 5.41) is 13.3. The van der Waals surface area contributed by atoms with E-state index < -0.39 is 0 Å². The quantitative estimate of drug-likeness (QED) is 0.715. The number of anilines is 1. The van der Waals surface area contributed by atoms with Gasteiger partial charge >= 0.3 is 0 Å². The van der Waals surface area contributed by atoms with E-state index in [1.54, 1.807) is 19.2 Å². The molecule has 0 aliphatic carbocycles. The van der Waals surface area contributed by atoms with Gasteiger partial charge in [0.15, 0.2) is 11.5 Å². The molecule has 0 fully saturated rings. The SMILES string of the molecule is CCc1c(CNc2ccc(OC)c(O)c2)[nH]c(C(C)(C)C)c1CC. The summed E-state index contributed by atoms with van der Waals surface area (Å²) in [6.07, 6.45) is 2.05. The Labute approximate surface area is 145 Å². The van der Waals surface area contributed by atoms with Gasteiger partial charge in [-0.15, -0.1) is 0 Å². The zero-order valence-corrected chi connectivity index (χ0v) is 15.7. The number of aromatic amines is 1. The van der Waals surface area contributed by atoms with Crippen molar-refractivity contribution in [3.63, 3.8) is 0 Å². The Balaban J connectivity index is 2.26. The fourth-order valence-electron chi connectivity index (χ4n) is 3.23. The van der Waals surface area contributed by atoms with E-state index in [9.17, 15) is 5.11 Å². The second kappa shape index (κ2) is 7.20. The molecule has 2 aromatic rings. The molecule has 1 aromatic heterocycles. The van der Waals surface area contributed by atoms with Gasteiger partial charge < -0.3 is 20.1 Å². The number of methoxy groups -OCH3 is 1. The Morgan fingerprint density at radius 1 is 1.12 bits per heavy atom. The molecule has 0 radical (unpaired) electrons. The number of benzene rings is 1. The van der Waals surface area contributed by atoms with E-state index in [1.807, 2.05) is 6.07 Å². The van der Waals surface area contributed by atoms with Gasteiger partial charge in [-0.1, -0.05) is 34.6 Å². The maximum absolute atomic E-state index is 9.91. The predicted octanol–water partition coefficient (Wildman–Crippen LogP) is 4.76. The normalized spacial score (nSPS) is 11.6. The highest BCUT2D eigenvalue weighted by atomic mass is 16.5. The Kier molecular flexibility index (Phi) is 5.47. The number of H-pyrrole nitrogens is 1. The van der Waals surface area contributed by atoms with Crippen LogP contribution in [0.2, 0.25) is 0 Å². The van der Waals surface area contributed by atoms with Crippen LogP contribution in [0.3, 0.4) is 0 Å². The van der Waals surface area contributed by atoms with Crippen molar-refractivity contribution in [3.8, 4) is 11.5 Å². The standard InChI is InChI=1S/C20H30N2O2/c1-7-14-15(8-2)19(20(3,4)5)22-16(14)12-21-13-9-10-18(24-6)17(23)11-13/h9-11,21-23H,7-8,12H2,1-6H3. The molecule has 0 bridgehead atoms. The van der Waals surface area contributed by atoms with Crippen molar-refractivity contribution in [2.45, 2.75) is 59.4 Å². The lowest BCUT2D eigenvalue weighted by atomic mass is 9.87. The Morgan fingerprint density at radius 2 is 1.79 bits per heavy atom. The first-order valence-corrected chi connectivity index (χ1v) is 8.65. The van der Waals surface area contributed by atoms with E-state index in [0.29, 0.717) is 12.3 Å². The van der Waals surface area contributed by atoms with Crippen molar-refractivity contribution in [1.29, 1.82) is 0 Å². The maximum atomic E-state index is 9.91.